The Hall–Kier alpha value is -3.03. The van der Waals surface area contributed by atoms with Gasteiger partial charge in [-0.05, 0) is 35.4 Å². The molecule has 0 amide bonds. The van der Waals surface area contributed by atoms with Crippen LogP contribution in [-0.2, 0) is 6.42 Å². The highest BCUT2D eigenvalue weighted by Crippen LogP contribution is 2.17. The van der Waals surface area contributed by atoms with Crippen molar-refractivity contribution in [1.82, 2.24) is 14.6 Å². The van der Waals surface area contributed by atoms with Crippen LogP contribution in [0.1, 0.15) is 16.8 Å². The normalized spacial score (nSPS) is 11.9. The second-order valence-electron chi connectivity index (χ2n) is 6.02. The zero-order valence-corrected chi connectivity index (χ0v) is 16.3. The quantitative estimate of drug-likeness (QED) is 0.515. The van der Waals surface area contributed by atoms with Crippen LogP contribution in [0.4, 0.5) is 0 Å². The first-order valence-electron chi connectivity index (χ1n) is 8.37. The summed E-state index contributed by atoms with van der Waals surface area (Å²) in [6, 6.07) is 14.5. The van der Waals surface area contributed by atoms with E-state index in [0.717, 1.165) is 28.2 Å². The number of nitrogens with zero attached hydrogens (tertiary/aromatic N) is 3. The molecule has 0 spiro atoms. The third kappa shape index (κ3) is 3.54. The van der Waals surface area contributed by atoms with Crippen LogP contribution < -0.4 is 20.4 Å². The first-order valence-corrected chi connectivity index (χ1v) is 9.56. The van der Waals surface area contributed by atoms with Gasteiger partial charge in [0.15, 0.2) is 0 Å². The molecular weight excluding hydrogens is 398 g/mol. The molecule has 2 heterocycles. The fourth-order valence-electron chi connectivity index (χ4n) is 2.73. The van der Waals surface area contributed by atoms with Gasteiger partial charge in [-0.15, -0.1) is 0 Å². The van der Waals surface area contributed by atoms with E-state index in [9.17, 15) is 9.59 Å². The van der Waals surface area contributed by atoms with Gasteiger partial charge in [0, 0.05) is 11.4 Å². The van der Waals surface area contributed by atoms with E-state index in [1.54, 1.807) is 19.3 Å². The predicted octanol–water partition coefficient (Wildman–Crippen LogP) is 2.31. The first-order chi connectivity index (χ1) is 13.5. The van der Waals surface area contributed by atoms with Crippen LogP contribution in [0.15, 0.2) is 58.1 Å². The summed E-state index contributed by atoms with van der Waals surface area (Å²) >= 11 is 7.29. The molecule has 2 aromatic heterocycles. The van der Waals surface area contributed by atoms with Crippen LogP contribution in [0.5, 0.6) is 5.75 Å². The molecule has 8 heteroatoms. The summed E-state index contributed by atoms with van der Waals surface area (Å²) in [7, 11) is 1.59. The Balaban J connectivity index is 1.79. The van der Waals surface area contributed by atoms with E-state index in [-0.39, 0.29) is 22.6 Å². The topological polar surface area (TPSA) is 73.6 Å². The zero-order valence-electron chi connectivity index (χ0n) is 14.8. The summed E-state index contributed by atoms with van der Waals surface area (Å²) in [6.45, 7) is 0. The van der Waals surface area contributed by atoms with E-state index in [1.165, 1.54) is 4.52 Å². The van der Waals surface area contributed by atoms with Crippen molar-refractivity contribution >= 4 is 34.0 Å². The number of aromatic nitrogens is 3. The van der Waals surface area contributed by atoms with Crippen LogP contribution in [0.2, 0.25) is 5.02 Å². The molecule has 0 bridgehead atoms. The molecule has 28 heavy (non-hydrogen) atoms. The lowest BCUT2D eigenvalue weighted by Gasteiger charge is -2.02. The van der Waals surface area contributed by atoms with Gasteiger partial charge < -0.3 is 4.74 Å². The van der Waals surface area contributed by atoms with E-state index in [1.807, 2.05) is 42.5 Å². The van der Waals surface area contributed by atoms with Gasteiger partial charge in [0.05, 0.1) is 11.6 Å². The fourth-order valence-corrected chi connectivity index (χ4v) is 3.83. The number of methoxy groups -OCH3 is 1. The van der Waals surface area contributed by atoms with Gasteiger partial charge in [0.2, 0.25) is 4.96 Å². The lowest BCUT2D eigenvalue weighted by molar-refractivity contribution is 0.415. The molecule has 0 radical (unpaired) electrons. The van der Waals surface area contributed by atoms with Gasteiger partial charge in [-0.1, -0.05) is 53.3 Å². The molecule has 0 atom stereocenters. The number of halogens is 1. The summed E-state index contributed by atoms with van der Waals surface area (Å²) in [5.41, 5.74) is 0.990. The molecule has 0 N–H and O–H groups in total. The Morgan fingerprint density at radius 3 is 2.61 bits per heavy atom. The van der Waals surface area contributed by atoms with Crippen molar-refractivity contribution in [3.05, 3.63) is 95.6 Å². The molecule has 0 aliphatic heterocycles. The molecule has 4 aromatic rings. The van der Waals surface area contributed by atoms with Crippen molar-refractivity contribution in [2.75, 3.05) is 7.11 Å². The lowest BCUT2D eigenvalue weighted by Crippen LogP contribution is -2.28. The minimum absolute atomic E-state index is 0.177. The van der Waals surface area contributed by atoms with E-state index in [0.29, 0.717) is 9.55 Å². The van der Waals surface area contributed by atoms with Crippen molar-refractivity contribution in [3.63, 3.8) is 0 Å². The molecule has 140 valence electrons. The van der Waals surface area contributed by atoms with Gasteiger partial charge in [0.25, 0.3) is 11.1 Å². The summed E-state index contributed by atoms with van der Waals surface area (Å²) < 4.78 is 6.75. The number of fused-ring (bicyclic) bond motifs is 1. The van der Waals surface area contributed by atoms with Crippen LogP contribution >= 0.6 is 22.9 Å². The summed E-state index contributed by atoms with van der Waals surface area (Å²) in [6.07, 6.45) is 1.95. The standard InChI is InChI=1S/C20H14ClN3O3S/c1-27-14-8-6-12(7-9-14)10-17-19(26)24-20(28-17)22-18(25)16(23-24)11-13-4-2-3-5-15(13)21/h2-10H,11H2,1H3/b17-10-. The summed E-state index contributed by atoms with van der Waals surface area (Å²) in [5, 5.41) is 4.78. The van der Waals surface area contributed by atoms with Crippen molar-refractivity contribution < 1.29 is 4.74 Å². The Morgan fingerprint density at radius 1 is 1.14 bits per heavy atom. The molecule has 6 nitrogen and oxygen atoms in total. The second-order valence-corrected chi connectivity index (χ2v) is 7.43. The maximum atomic E-state index is 12.7. The Kier molecular flexibility index (Phi) is 4.93. The monoisotopic (exact) mass is 411 g/mol. The number of ether oxygens (including phenoxy) is 1. The Morgan fingerprint density at radius 2 is 1.89 bits per heavy atom. The van der Waals surface area contributed by atoms with E-state index in [4.69, 9.17) is 16.3 Å². The number of thiazole rings is 1. The molecule has 0 saturated heterocycles. The Labute approximate surface area is 168 Å². The third-order valence-electron chi connectivity index (χ3n) is 4.18. The molecule has 0 aliphatic carbocycles. The number of rotatable bonds is 4. The van der Waals surface area contributed by atoms with E-state index in [2.05, 4.69) is 10.1 Å². The first kappa shape index (κ1) is 18.3. The smallest absolute Gasteiger partial charge is 0.296 e. The Bertz CT molecular complexity index is 1330. The van der Waals surface area contributed by atoms with Crippen molar-refractivity contribution in [1.29, 1.82) is 0 Å². The van der Waals surface area contributed by atoms with Crippen LogP contribution in [0, 0.1) is 0 Å². The molecule has 0 saturated carbocycles. The average molecular weight is 412 g/mol. The maximum Gasteiger partial charge on any atom is 0.296 e. The maximum absolute atomic E-state index is 12.7. The molecule has 0 aliphatic rings. The van der Waals surface area contributed by atoms with Crippen LogP contribution in [0.25, 0.3) is 11.0 Å². The molecule has 2 aromatic carbocycles. The van der Waals surface area contributed by atoms with Crippen molar-refractivity contribution in [2.45, 2.75) is 6.42 Å². The fraction of sp³-hybridized carbons (Fsp3) is 0.100. The molecule has 4 rings (SSSR count). The van der Waals surface area contributed by atoms with Crippen molar-refractivity contribution in [2.24, 2.45) is 0 Å². The van der Waals surface area contributed by atoms with Crippen LogP contribution in [0.3, 0.4) is 0 Å². The summed E-state index contributed by atoms with van der Waals surface area (Å²) in [5.74, 6) is 0.730. The minimum Gasteiger partial charge on any atom is -0.497 e. The van der Waals surface area contributed by atoms with Gasteiger partial charge in [-0.25, -0.2) is 0 Å². The SMILES string of the molecule is COc1ccc(/C=c2\sc3nc(=O)c(Cc4ccccc4Cl)nn3c2=O)cc1. The van der Waals surface area contributed by atoms with Crippen LogP contribution in [-0.4, -0.2) is 21.7 Å². The largest absolute Gasteiger partial charge is 0.497 e. The van der Waals surface area contributed by atoms with Gasteiger partial charge in [-0.3, -0.25) is 9.59 Å². The molecule has 0 unspecified atom stereocenters. The lowest BCUT2D eigenvalue weighted by atomic mass is 10.1. The highest BCUT2D eigenvalue weighted by molar-refractivity contribution is 7.15. The highest BCUT2D eigenvalue weighted by atomic mass is 35.5. The number of benzene rings is 2. The van der Waals surface area contributed by atoms with Crippen molar-refractivity contribution in [3.8, 4) is 5.75 Å². The molecular formula is C20H14ClN3O3S. The number of hydrogen-bond donors (Lipinski definition) is 0. The third-order valence-corrected chi connectivity index (χ3v) is 5.51. The van der Waals surface area contributed by atoms with E-state index < -0.39 is 5.56 Å². The minimum atomic E-state index is -0.461. The van der Waals surface area contributed by atoms with Gasteiger partial charge >= 0.3 is 0 Å². The van der Waals surface area contributed by atoms with Gasteiger partial charge in [-0.2, -0.15) is 14.6 Å². The predicted molar refractivity (Wildman–Crippen MR) is 109 cm³/mol. The number of hydrogen-bond acceptors (Lipinski definition) is 6. The second kappa shape index (κ2) is 7.53. The van der Waals surface area contributed by atoms with E-state index >= 15 is 0 Å². The molecule has 0 fully saturated rings. The van der Waals surface area contributed by atoms with Gasteiger partial charge in [0.1, 0.15) is 11.4 Å². The summed E-state index contributed by atoms with van der Waals surface area (Å²) in [4.78, 5) is 29.4. The average Bonchev–Trinajstić information content (AvgIpc) is 2.99. The highest BCUT2D eigenvalue weighted by Gasteiger charge is 2.12. The zero-order chi connectivity index (χ0) is 19.7.